The van der Waals surface area contributed by atoms with Crippen molar-refractivity contribution in [2.45, 2.75) is 12.8 Å². The van der Waals surface area contributed by atoms with Crippen LogP contribution in [0.15, 0.2) is 83.3 Å². The molecule has 1 aliphatic heterocycles. The fourth-order valence-corrected chi connectivity index (χ4v) is 5.85. The number of amides is 1. The highest BCUT2D eigenvalue weighted by Gasteiger charge is 2.24. The van der Waals surface area contributed by atoms with Gasteiger partial charge in [-0.2, -0.15) is 0 Å². The standard InChI is InChI=1S/C36H37N4O9P/c1-39(2)24-8-13-28-32(20-24)48-33-21-25(40(3)4)9-14-29(33)35(28)27-12-5-22(19-30(27)36(43)44)31(41)15-16-34(42)38-18-17-37-23-6-10-26(11-7-23)49-50(45,46)47/h5-14,19-21,37H,15-18H2,1-4H3,(H3-,38,42,43,44,45,46,47). The summed E-state index contributed by atoms with van der Waals surface area (Å²) < 4.78 is 23.5. The maximum atomic E-state index is 13.2. The fourth-order valence-electron chi connectivity index (χ4n) is 5.46. The number of ketones is 1. The molecule has 5 rings (SSSR count). The van der Waals surface area contributed by atoms with E-state index in [2.05, 4.69) is 15.2 Å². The molecule has 13 nitrogen and oxygen atoms in total. The van der Waals surface area contributed by atoms with Crippen molar-refractivity contribution in [1.82, 2.24) is 9.89 Å². The van der Waals surface area contributed by atoms with Gasteiger partial charge in [-0.25, -0.2) is 9.37 Å². The molecule has 0 radical (unpaired) electrons. The van der Waals surface area contributed by atoms with E-state index in [1.54, 1.807) is 24.3 Å². The first kappa shape index (κ1) is 35.8. The van der Waals surface area contributed by atoms with Crippen LogP contribution in [0.2, 0.25) is 0 Å². The van der Waals surface area contributed by atoms with Gasteiger partial charge in [0.15, 0.2) is 5.78 Å². The number of aromatic carboxylic acids is 1. The second-order valence-corrected chi connectivity index (χ2v) is 13.1. The van der Waals surface area contributed by atoms with Crippen molar-refractivity contribution < 1.29 is 42.8 Å². The Morgan fingerprint density at radius 2 is 1.64 bits per heavy atom. The smallest absolute Gasteiger partial charge is 0.336 e. The van der Waals surface area contributed by atoms with Crippen LogP contribution in [0, 0.1) is 0 Å². The Hall–Kier alpha value is -5.49. The summed E-state index contributed by atoms with van der Waals surface area (Å²) in [6.45, 7) is 0.583. The number of carboxylic acid groups (broad SMARTS) is 1. The number of nitrogens with one attached hydrogen (secondary N) is 2. The van der Waals surface area contributed by atoms with E-state index >= 15 is 0 Å². The van der Waals surface area contributed by atoms with Crippen molar-refractivity contribution in [1.29, 1.82) is 0 Å². The Balaban J connectivity index is 1.31. The van der Waals surface area contributed by atoms with Crippen LogP contribution < -0.4 is 34.9 Å². The maximum absolute atomic E-state index is 13.2. The third-order valence-corrected chi connectivity index (χ3v) is 8.44. The number of fused-ring (bicyclic) bond motifs is 2. The average Bonchev–Trinajstić information content (AvgIpc) is 3.07. The van der Waals surface area contributed by atoms with Gasteiger partial charge in [-0.1, -0.05) is 12.1 Å². The lowest BCUT2D eigenvalue weighted by molar-refractivity contribution is -0.211. The van der Waals surface area contributed by atoms with E-state index in [9.17, 15) is 28.9 Å². The molecule has 1 atom stereocenters. The highest BCUT2D eigenvalue weighted by atomic mass is 31.2. The predicted octanol–water partition coefficient (Wildman–Crippen LogP) is 4.03. The van der Waals surface area contributed by atoms with E-state index in [1.807, 2.05) is 74.1 Å². The van der Waals surface area contributed by atoms with Crippen molar-refractivity contribution >= 4 is 47.8 Å². The monoisotopic (exact) mass is 700 g/mol. The number of nitrogens with zero attached hydrogens (tertiary/aromatic N) is 2. The average molecular weight is 701 g/mol. The third kappa shape index (κ3) is 8.56. The van der Waals surface area contributed by atoms with Crippen molar-refractivity contribution in [2.75, 3.05) is 51.5 Å². The Morgan fingerprint density at radius 1 is 0.920 bits per heavy atom. The number of hydrogen-bond acceptors (Lipinski definition) is 9. The lowest BCUT2D eigenvalue weighted by Crippen LogP contribution is -2.29. The fraction of sp³-hybridized carbons (Fsp3) is 0.222. The van der Waals surface area contributed by atoms with Gasteiger partial charge >= 0.3 is 13.8 Å². The molecule has 0 saturated carbocycles. The SMILES string of the molecule is CN(C)c1ccc2c(-c3ccc(C(=O)CCC(=O)NCCNc4ccc(OP(=O)([O-])O)cc4)cc3C(=O)O)c3ccc(=[N+](C)C)cc-3oc2c1. The topological polar surface area (TPSA) is 184 Å². The quantitative estimate of drug-likeness (QED) is 0.0457. The number of rotatable bonds is 13. The lowest BCUT2D eigenvalue weighted by atomic mass is 9.89. The number of hydrogen-bond donors (Lipinski definition) is 4. The molecule has 0 bridgehead atoms. The molecular formula is C36H37N4O9P. The Labute approximate surface area is 288 Å². The number of Topliss-reactive ketones (excluding diaryl/α,β-unsaturated/α-hetero) is 1. The van der Waals surface area contributed by atoms with Crippen LogP contribution in [0.1, 0.15) is 33.6 Å². The molecule has 0 aromatic heterocycles. The van der Waals surface area contributed by atoms with Gasteiger partial charge in [0, 0.05) is 85.6 Å². The van der Waals surface area contributed by atoms with Gasteiger partial charge in [-0.3, -0.25) is 14.2 Å². The summed E-state index contributed by atoms with van der Waals surface area (Å²) in [6, 6.07) is 21.9. The van der Waals surface area contributed by atoms with Gasteiger partial charge in [0.2, 0.25) is 11.3 Å². The summed E-state index contributed by atoms with van der Waals surface area (Å²) >= 11 is 0. The zero-order valence-electron chi connectivity index (χ0n) is 27.9. The van der Waals surface area contributed by atoms with Crippen LogP contribution in [0.3, 0.4) is 0 Å². The molecule has 1 aliphatic carbocycles. The minimum absolute atomic E-state index is 0.0464. The van der Waals surface area contributed by atoms with Crippen molar-refractivity contribution in [3.63, 3.8) is 0 Å². The summed E-state index contributed by atoms with van der Waals surface area (Å²) in [5.41, 5.74) is 4.07. The molecule has 3 aromatic carbocycles. The van der Waals surface area contributed by atoms with Gasteiger partial charge in [0.05, 0.1) is 11.6 Å². The van der Waals surface area contributed by atoms with Crippen LogP contribution in [-0.4, -0.2) is 68.9 Å². The van der Waals surface area contributed by atoms with Gasteiger partial charge in [0.1, 0.15) is 31.2 Å². The number of phosphoric ester groups is 1. The Bertz CT molecular complexity index is 2170. The predicted molar refractivity (Wildman–Crippen MR) is 189 cm³/mol. The van der Waals surface area contributed by atoms with E-state index in [-0.39, 0.29) is 48.0 Å². The first-order valence-corrected chi connectivity index (χ1v) is 17.1. The Morgan fingerprint density at radius 3 is 2.30 bits per heavy atom. The van der Waals surface area contributed by atoms with Crippen LogP contribution >= 0.6 is 7.82 Å². The number of phosphoric acid groups is 1. The summed E-state index contributed by atoms with van der Waals surface area (Å²) in [4.78, 5) is 59.8. The summed E-state index contributed by atoms with van der Waals surface area (Å²) in [7, 11) is 2.79. The van der Waals surface area contributed by atoms with E-state index < -0.39 is 13.8 Å². The molecule has 50 heavy (non-hydrogen) atoms. The molecule has 2 aliphatic rings. The maximum Gasteiger partial charge on any atom is 0.336 e. The molecule has 260 valence electrons. The molecule has 3 aromatic rings. The molecule has 4 N–H and O–H groups in total. The van der Waals surface area contributed by atoms with Gasteiger partial charge in [-0.05, 0) is 54.1 Å². The minimum atomic E-state index is -4.89. The van der Waals surface area contributed by atoms with Crippen LogP contribution in [0.5, 0.6) is 5.75 Å². The second-order valence-electron chi connectivity index (χ2n) is 12.0. The number of carbonyl (C=O) groups excluding carboxylic acids is 2. The van der Waals surface area contributed by atoms with Gasteiger partial charge in [-0.15, -0.1) is 0 Å². The first-order valence-electron chi connectivity index (χ1n) is 15.6. The number of carboxylic acids is 1. The summed E-state index contributed by atoms with van der Waals surface area (Å²) in [5.74, 6) is -1.39. The van der Waals surface area contributed by atoms with E-state index in [0.717, 1.165) is 22.0 Å². The Kier molecular flexibility index (Phi) is 10.7. The lowest BCUT2D eigenvalue weighted by Gasteiger charge is -2.19. The van der Waals surface area contributed by atoms with Gasteiger partial charge in [0.25, 0.3) is 0 Å². The van der Waals surface area contributed by atoms with Gasteiger partial charge < -0.3 is 39.4 Å². The molecular weight excluding hydrogens is 663 g/mol. The van der Waals surface area contributed by atoms with Crippen LogP contribution in [0.25, 0.3) is 33.4 Å². The zero-order chi connectivity index (χ0) is 36.2. The molecule has 14 heteroatoms. The third-order valence-electron chi connectivity index (χ3n) is 7.99. The van der Waals surface area contributed by atoms with Crippen molar-refractivity contribution in [3.8, 4) is 28.2 Å². The molecule has 1 amide bonds. The van der Waals surface area contributed by atoms with Crippen molar-refractivity contribution in [3.05, 3.63) is 95.3 Å². The van der Waals surface area contributed by atoms with Crippen LogP contribution in [-0.2, 0) is 9.36 Å². The summed E-state index contributed by atoms with van der Waals surface area (Å²) in [5, 5.41) is 17.7. The normalized spacial score (nSPS) is 12.3. The number of benzene rings is 4. The highest BCUT2D eigenvalue weighted by Crippen LogP contribution is 2.42. The molecule has 1 heterocycles. The van der Waals surface area contributed by atoms with E-state index in [1.165, 1.54) is 18.2 Å². The van der Waals surface area contributed by atoms with Crippen LogP contribution in [0.4, 0.5) is 11.4 Å². The number of anilines is 2. The summed E-state index contributed by atoms with van der Waals surface area (Å²) in [6.07, 6.45) is -0.215. The molecule has 0 spiro atoms. The molecule has 1 unspecified atom stereocenters. The molecule has 0 fully saturated rings. The second kappa shape index (κ2) is 15.0. The van der Waals surface area contributed by atoms with E-state index in [4.69, 9.17) is 9.31 Å². The molecule has 0 saturated heterocycles. The van der Waals surface area contributed by atoms with E-state index in [0.29, 0.717) is 34.7 Å². The minimum Gasteiger partial charge on any atom is -0.746 e. The highest BCUT2D eigenvalue weighted by molar-refractivity contribution is 7.45. The zero-order valence-corrected chi connectivity index (χ0v) is 28.8. The largest absolute Gasteiger partial charge is 0.746 e. The number of carbonyl (C=O) groups is 3. The first-order chi connectivity index (χ1) is 23.7. The van der Waals surface area contributed by atoms with Crippen molar-refractivity contribution in [2.24, 2.45) is 0 Å².